The molecule has 1 rings (SSSR count). The SMILES string of the molecule is CC(O)CNc1c(F)cc(C(=O)O)cc1F. The number of anilines is 1. The van der Waals surface area contributed by atoms with Crippen molar-refractivity contribution >= 4 is 11.7 Å². The van der Waals surface area contributed by atoms with Gasteiger partial charge in [0, 0.05) is 6.54 Å². The smallest absolute Gasteiger partial charge is 0.335 e. The monoisotopic (exact) mass is 231 g/mol. The summed E-state index contributed by atoms with van der Waals surface area (Å²) in [7, 11) is 0. The predicted molar refractivity (Wildman–Crippen MR) is 53.5 cm³/mol. The summed E-state index contributed by atoms with van der Waals surface area (Å²) in [4.78, 5) is 10.5. The molecule has 0 aliphatic heterocycles. The molecule has 0 heterocycles. The second-order valence-corrected chi connectivity index (χ2v) is 3.35. The van der Waals surface area contributed by atoms with Crippen LogP contribution in [0.2, 0.25) is 0 Å². The summed E-state index contributed by atoms with van der Waals surface area (Å²) in [6, 6.07) is 1.44. The highest BCUT2D eigenvalue weighted by molar-refractivity contribution is 5.88. The molecule has 0 aromatic heterocycles. The van der Waals surface area contributed by atoms with Crippen LogP contribution in [0, 0.1) is 11.6 Å². The Hall–Kier alpha value is -1.69. The Labute approximate surface area is 90.5 Å². The molecule has 16 heavy (non-hydrogen) atoms. The van der Waals surface area contributed by atoms with Gasteiger partial charge in [-0.3, -0.25) is 0 Å². The molecular weight excluding hydrogens is 220 g/mol. The van der Waals surface area contributed by atoms with E-state index in [9.17, 15) is 13.6 Å². The maximum atomic E-state index is 13.3. The molecule has 1 unspecified atom stereocenters. The Morgan fingerprint density at radius 3 is 2.31 bits per heavy atom. The summed E-state index contributed by atoms with van der Waals surface area (Å²) in [5, 5.41) is 19.8. The molecule has 0 amide bonds. The lowest BCUT2D eigenvalue weighted by atomic mass is 10.2. The van der Waals surface area contributed by atoms with Gasteiger partial charge in [0.25, 0.3) is 0 Å². The van der Waals surface area contributed by atoms with E-state index in [1.165, 1.54) is 6.92 Å². The van der Waals surface area contributed by atoms with Gasteiger partial charge >= 0.3 is 5.97 Å². The largest absolute Gasteiger partial charge is 0.478 e. The van der Waals surface area contributed by atoms with Crippen molar-refractivity contribution in [3.05, 3.63) is 29.3 Å². The summed E-state index contributed by atoms with van der Waals surface area (Å²) < 4.78 is 26.5. The molecule has 0 saturated carbocycles. The van der Waals surface area contributed by atoms with Crippen molar-refractivity contribution < 1.29 is 23.8 Å². The number of benzene rings is 1. The lowest BCUT2D eigenvalue weighted by molar-refractivity contribution is 0.0695. The Bertz CT molecular complexity index is 384. The molecule has 4 nitrogen and oxygen atoms in total. The van der Waals surface area contributed by atoms with Crippen LogP contribution in [0.3, 0.4) is 0 Å². The van der Waals surface area contributed by atoms with E-state index in [4.69, 9.17) is 10.2 Å². The molecule has 1 atom stereocenters. The van der Waals surface area contributed by atoms with Crippen LogP contribution in [0.25, 0.3) is 0 Å². The summed E-state index contributed by atoms with van der Waals surface area (Å²) in [6.45, 7) is 1.43. The van der Waals surface area contributed by atoms with Crippen molar-refractivity contribution in [3.8, 4) is 0 Å². The third kappa shape index (κ3) is 2.90. The van der Waals surface area contributed by atoms with Gasteiger partial charge in [0.05, 0.1) is 11.7 Å². The van der Waals surface area contributed by atoms with Crippen LogP contribution in [-0.4, -0.2) is 28.8 Å². The van der Waals surface area contributed by atoms with E-state index >= 15 is 0 Å². The van der Waals surface area contributed by atoms with Crippen LogP contribution in [0.15, 0.2) is 12.1 Å². The number of hydrogen-bond donors (Lipinski definition) is 3. The molecule has 0 aliphatic carbocycles. The first-order valence-electron chi connectivity index (χ1n) is 4.56. The van der Waals surface area contributed by atoms with Gasteiger partial charge in [-0.15, -0.1) is 0 Å². The van der Waals surface area contributed by atoms with Gasteiger partial charge in [-0.2, -0.15) is 0 Å². The number of carboxylic acid groups (broad SMARTS) is 1. The van der Waals surface area contributed by atoms with Crippen LogP contribution in [0.5, 0.6) is 0 Å². The van der Waals surface area contributed by atoms with Crippen LogP contribution in [-0.2, 0) is 0 Å². The first-order chi connectivity index (χ1) is 7.41. The zero-order valence-corrected chi connectivity index (χ0v) is 8.50. The van der Waals surface area contributed by atoms with Crippen LogP contribution in [0.4, 0.5) is 14.5 Å². The summed E-state index contributed by atoms with van der Waals surface area (Å²) >= 11 is 0. The first-order valence-corrected chi connectivity index (χ1v) is 4.56. The number of aliphatic hydroxyl groups is 1. The van der Waals surface area contributed by atoms with Crippen LogP contribution < -0.4 is 5.32 Å². The molecule has 1 aromatic rings. The van der Waals surface area contributed by atoms with Gasteiger partial charge < -0.3 is 15.5 Å². The van der Waals surface area contributed by atoms with Crippen molar-refractivity contribution in [2.75, 3.05) is 11.9 Å². The quantitative estimate of drug-likeness (QED) is 0.733. The van der Waals surface area contributed by atoms with Gasteiger partial charge in [0.1, 0.15) is 17.3 Å². The minimum atomic E-state index is -1.40. The number of aromatic carboxylic acids is 1. The maximum absolute atomic E-state index is 13.3. The van der Waals surface area contributed by atoms with E-state index in [2.05, 4.69) is 5.32 Å². The Morgan fingerprint density at radius 2 is 1.94 bits per heavy atom. The minimum Gasteiger partial charge on any atom is -0.478 e. The van der Waals surface area contributed by atoms with E-state index in [-0.39, 0.29) is 6.54 Å². The van der Waals surface area contributed by atoms with Gasteiger partial charge in [-0.1, -0.05) is 0 Å². The number of hydrogen-bond acceptors (Lipinski definition) is 3. The second kappa shape index (κ2) is 4.89. The van der Waals surface area contributed by atoms with Crippen molar-refractivity contribution in [3.63, 3.8) is 0 Å². The molecule has 88 valence electrons. The standard InChI is InChI=1S/C10H11F2NO3/c1-5(14)4-13-9-7(11)2-6(10(15)16)3-8(9)12/h2-3,5,13-14H,4H2,1H3,(H,15,16). The number of carboxylic acids is 1. The Morgan fingerprint density at radius 1 is 1.44 bits per heavy atom. The van der Waals surface area contributed by atoms with E-state index in [1.807, 2.05) is 0 Å². The lowest BCUT2D eigenvalue weighted by Crippen LogP contribution is -2.17. The highest BCUT2D eigenvalue weighted by Crippen LogP contribution is 2.20. The number of nitrogens with one attached hydrogen (secondary N) is 1. The predicted octanol–water partition coefficient (Wildman–Crippen LogP) is 1.46. The van der Waals surface area contributed by atoms with Crippen LogP contribution in [0.1, 0.15) is 17.3 Å². The van der Waals surface area contributed by atoms with Crippen molar-refractivity contribution in [2.24, 2.45) is 0 Å². The summed E-state index contributed by atoms with van der Waals surface area (Å²) in [5.41, 5.74) is -0.900. The fourth-order valence-corrected chi connectivity index (χ4v) is 1.12. The second-order valence-electron chi connectivity index (χ2n) is 3.35. The fourth-order valence-electron chi connectivity index (χ4n) is 1.12. The average Bonchev–Trinajstić information content (AvgIpc) is 2.15. The Kier molecular flexibility index (Phi) is 3.78. The molecule has 0 spiro atoms. The van der Waals surface area contributed by atoms with Crippen LogP contribution >= 0.6 is 0 Å². The zero-order chi connectivity index (χ0) is 12.3. The van der Waals surface area contributed by atoms with E-state index in [0.717, 1.165) is 12.1 Å². The van der Waals surface area contributed by atoms with Crippen molar-refractivity contribution in [1.82, 2.24) is 0 Å². The first kappa shape index (κ1) is 12.4. The third-order valence-electron chi connectivity index (χ3n) is 1.86. The number of halogens is 2. The average molecular weight is 231 g/mol. The molecule has 1 aromatic carbocycles. The zero-order valence-electron chi connectivity index (χ0n) is 8.50. The Balaban J connectivity index is 2.98. The topological polar surface area (TPSA) is 69.6 Å². The van der Waals surface area contributed by atoms with Gasteiger partial charge in [-0.25, -0.2) is 13.6 Å². The van der Waals surface area contributed by atoms with Gasteiger partial charge in [0.15, 0.2) is 0 Å². The number of rotatable bonds is 4. The molecule has 0 saturated heterocycles. The highest BCUT2D eigenvalue weighted by Gasteiger charge is 2.14. The molecule has 0 radical (unpaired) electrons. The van der Waals surface area contributed by atoms with Crippen molar-refractivity contribution in [2.45, 2.75) is 13.0 Å². The van der Waals surface area contributed by atoms with Crippen molar-refractivity contribution in [1.29, 1.82) is 0 Å². The fraction of sp³-hybridized carbons (Fsp3) is 0.300. The lowest BCUT2D eigenvalue weighted by Gasteiger charge is -2.10. The third-order valence-corrected chi connectivity index (χ3v) is 1.86. The molecule has 0 fully saturated rings. The molecule has 6 heteroatoms. The van der Waals surface area contributed by atoms with Gasteiger partial charge in [-0.05, 0) is 19.1 Å². The van der Waals surface area contributed by atoms with E-state index in [1.54, 1.807) is 0 Å². The molecule has 0 aliphatic rings. The molecular formula is C10H11F2NO3. The molecule has 3 N–H and O–H groups in total. The maximum Gasteiger partial charge on any atom is 0.335 e. The van der Waals surface area contributed by atoms with Gasteiger partial charge in [0.2, 0.25) is 0 Å². The normalized spacial score (nSPS) is 12.2. The van der Waals surface area contributed by atoms with E-state index in [0.29, 0.717) is 0 Å². The summed E-state index contributed by atoms with van der Waals surface area (Å²) in [6.07, 6.45) is -0.766. The summed E-state index contributed by atoms with van der Waals surface area (Å²) in [5.74, 6) is -3.41. The highest BCUT2D eigenvalue weighted by atomic mass is 19.1. The minimum absolute atomic E-state index is 0.0275. The number of aliphatic hydroxyl groups excluding tert-OH is 1. The number of carbonyl (C=O) groups is 1. The molecule has 0 bridgehead atoms. The van der Waals surface area contributed by atoms with E-state index < -0.39 is 35.0 Å².